The Morgan fingerprint density at radius 3 is 2.55 bits per heavy atom. The minimum atomic E-state index is -0.664. The van der Waals surface area contributed by atoms with Gasteiger partial charge in [0.15, 0.2) is 12.4 Å². The smallest absolute Gasteiger partial charge is 0.343 e. The van der Waals surface area contributed by atoms with E-state index in [1.807, 2.05) is 0 Å². The lowest BCUT2D eigenvalue weighted by Crippen LogP contribution is -2.24. The Morgan fingerprint density at radius 1 is 1.09 bits per heavy atom. The van der Waals surface area contributed by atoms with E-state index in [0.717, 1.165) is 6.07 Å². The normalized spacial score (nSPS) is 10.6. The molecule has 0 aliphatic heterocycles. The van der Waals surface area contributed by atoms with Crippen molar-refractivity contribution < 1.29 is 24.0 Å². The number of hydrazone groups is 1. The van der Waals surface area contributed by atoms with Gasteiger partial charge in [0.05, 0.1) is 16.7 Å². The average Bonchev–Trinajstić information content (AvgIpc) is 2.80. The number of carbonyl (C=O) groups excluding carboxylic acids is 2. The van der Waals surface area contributed by atoms with Crippen molar-refractivity contribution in [2.75, 3.05) is 6.61 Å². The molecular formula is C22H15BrClN3O6. The zero-order valence-electron chi connectivity index (χ0n) is 16.7. The van der Waals surface area contributed by atoms with Gasteiger partial charge >= 0.3 is 11.7 Å². The van der Waals surface area contributed by atoms with Gasteiger partial charge in [-0.1, -0.05) is 45.7 Å². The van der Waals surface area contributed by atoms with Crippen LogP contribution in [0.25, 0.3) is 0 Å². The highest BCUT2D eigenvalue weighted by atomic mass is 79.9. The number of nitro benzene ring substituents is 1. The molecule has 0 fully saturated rings. The van der Waals surface area contributed by atoms with Crippen molar-refractivity contribution in [3.8, 4) is 11.5 Å². The van der Waals surface area contributed by atoms with Crippen LogP contribution in [0.5, 0.6) is 11.5 Å². The number of nitrogens with one attached hydrogen (secondary N) is 1. The number of nitrogens with zero attached hydrogens (tertiary/aromatic N) is 2. The molecule has 0 aliphatic carbocycles. The van der Waals surface area contributed by atoms with E-state index in [4.69, 9.17) is 21.1 Å². The lowest BCUT2D eigenvalue weighted by Gasteiger charge is -2.08. The average molecular weight is 533 g/mol. The predicted octanol–water partition coefficient (Wildman–Crippen LogP) is 4.76. The number of benzene rings is 3. The highest BCUT2D eigenvalue weighted by Crippen LogP contribution is 2.29. The highest BCUT2D eigenvalue weighted by Gasteiger charge is 2.17. The Labute approximate surface area is 201 Å². The number of nitro groups is 1. The summed E-state index contributed by atoms with van der Waals surface area (Å²) in [7, 11) is 0. The Hall–Kier alpha value is -3.76. The van der Waals surface area contributed by atoms with Gasteiger partial charge in [-0.25, -0.2) is 10.2 Å². The largest absolute Gasteiger partial charge is 0.477 e. The van der Waals surface area contributed by atoms with Gasteiger partial charge in [-0.15, -0.1) is 0 Å². The molecule has 3 aromatic carbocycles. The van der Waals surface area contributed by atoms with E-state index in [1.165, 1.54) is 18.3 Å². The van der Waals surface area contributed by atoms with E-state index in [-0.39, 0.29) is 22.2 Å². The monoisotopic (exact) mass is 531 g/mol. The Balaban J connectivity index is 1.63. The molecule has 0 unspecified atom stereocenters. The third-order valence-corrected chi connectivity index (χ3v) is 4.78. The first-order valence-corrected chi connectivity index (χ1v) is 10.5. The van der Waals surface area contributed by atoms with Crippen molar-refractivity contribution in [2.45, 2.75) is 0 Å². The molecule has 3 rings (SSSR count). The standard InChI is InChI=1S/C22H15BrClN3O6/c23-16-6-8-19(33-22(29)14-4-2-1-3-5-14)15(10-16)12-25-26-21(28)13-32-20-9-7-17(24)11-18(20)27(30)31/h1-12H,13H2,(H,26,28)/b25-12-. The summed E-state index contributed by atoms with van der Waals surface area (Å²) in [5.74, 6) is -1.08. The van der Waals surface area contributed by atoms with Crippen molar-refractivity contribution in [2.24, 2.45) is 5.10 Å². The van der Waals surface area contributed by atoms with E-state index in [1.54, 1.807) is 48.5 Å². The summed E-state index contributed by atoms with van der Waals surface area (Å²) in [5.41, 5.74) is 2.68. The second kappa shape index (κ2) is 11.2. The van der Waals surface area contributed by atoms with Gasteiger partial charge in [0, 0.05) is 21.1 Å². The van der Waals surface area contributed by atoms with E-state index in [9.17, 15) is 19.7 Å². The van der Waals surface area contributed by atoms with Crippen LogP contribution < -0.4 is 14.9 Å². The molecule has 1 N–H and O–H groups in total. The van der Waals surface area contributed by atoms with Gasteiger partial charge < -0.3 is 9.47 Å². The summed E-state index contributed by atoms with van der Waals surface area (Å²) in [6.07, 6.45) is 1.29. The summed E-state index contributed by atoms with van der Waals surface area (Å²) < 4.78 is 11.3. The summed E-state index contributed by atoms with van der Waals surface area (Å²) in [6, 6.07) is 17.2. The van der Waals surface area contributed by atoms with Crippen LogP contribution in [-0.2, 0) is 4.79 Å². The van der Waals surface area contributed by atoms with Gasteiger partial charge in [-0.3, -0.25) is 14.9 Å². The zero-order valence-corrected chi connectivity index (χ0v) is 19.1. The maximum atomic E-state index is 12.3. The molecule has 168 valence electrons. The van der Waals surface area contributed by atoms with Crippen molar-refractivity contribution in [1.82, 2.24) is 5.43 Å². The van der Waals surface area contributed by atoms with E-state index in [0.29, 0.717) is 15.6 Å². The van der Waals surface area contributed by atoms with Crippen LogP contribution in [0, 0.1) is 10.1 Å². The molecule has 1 amide bonds. The van der Waals surface area contributed by atoms with Gasteiger partial charge in [0.1, 0.15) is 5.75 Å². The third kappa shape index (κ3) is 6.86. The highest BCUT2D eigenvalue weighted by molar-refractivity contribution is 9.10. The van der Waals surface area contributed by atoms with Crippen LogP contribution in [-0.4, -0.2) is 29.6 Å². The van der Waals surface area contributed by atoms with E-state index in [2.05, 4.69) is 26.5 Å². The van der Waals surface area contributed by atoms with Gasteiger partial charge in [0.25, 0.3) is 5.91 Å². The number of halogens is 2. The lowest BCUT2D eigenvalue weighted by molar-refractivity contribution is -0.385. The molecule has 0 spiro atoms. The molecule has 0 saturated heterocycles. The molecule has 33 heavy (non-hydrogen) atoms. The number of ether oxygens (including phenoxy) is 2. The SMILES string of the molecule is O=C(COc1ccc(Cl)cc1[N+](=O)[O-])N/N=C\c1cc(Br)ccc1OC(=O)c1ccccc1. The quantitative estimate of drug-likeness (QED) is 0.147. The molecular weight excluding hydrogens is 518 g/mol. The minimum Gasteiger partial charge on any atom is -0.477 e. The number of hydrogen-bond donors (Lipinski definition) is 1. The number of hydrogen-bond acceptors (Lipinski definition) is 7. The van der Waals surface area contributed by atoms with Crippen LogP contribution in [0.15, 0.2) is 76.3 Å². The summed E-state index contributed by atoms with van der Waals surface area (Å²) >= 11 is 9.08. The van der Waals surface area contributed by atoms with Crippen molar-refractivity contribution in [1.29, 1.82) is 0 Å². The van der Waals surface area contributed by atoms with Crippen molar-refractivity contribution in [3.63, 3.8) is 0 Å². The Bertz CT molecular complexity index is 1220. The fraction of sp³-hybridized carbons (Fsp3) is 0.0455. The first-order valence-electron chi connectivity index (χ1n) is 9.29. The minimum absolute atomic E-state index is 0.106. The number of amides is 1. The molecule has 0 bridgehead atoms. The van der Waals surface area contributed by atoms with E-state index >= 15 is 0 Å². The first kappa shape index (κ1) is 23.9. The number of esters is 1. The van der Waals surface area contributed by atoms with Gasteiger partial charge in [-0.05, 0) is 42.5 Å². The second-order valence-electron chi connectivity index (χ2n) is 6.39. The molecule has 0 saturated carbocycles. The van der Waals surface area contributed by atoms with Crippen LogP contribution >= 0.6 is 27.5 Å². The molecule has 11 heteroatoms. The summed E-state index contributed by atoms with van der Waals surface area (Å²) in [5, 5.41) is 15.1. The van der Waals surface area contributed by atoms with Crippen LogP contribution in [0.1, 0.15) is 15.9 Å². The molecule has 0 aromatic heterocycles. The molecule has 0 radical (unpaired) electrons. The predicted molar refractivity (Wildman–Crippen MR) is 125 cm³/mol. The molecule has 3 aromatic rings. The summed E-state index contributed by atoms with van der Waals surface area (Å²) in [6.45, 7) is -0.520. The van der Waals surface area contributed by atoms with Crippen LogP contribution in [0.4, 0.5) is 5.69 Å². The number of rotatable bonds is 8. The van der Waals surface area contributed by atoms with Gasteiger partial charge in [0.2, 0.25) is 0 Å². The lowest BCUT2D eigenvalue weighted by atomic mass is 10.2. The zero-order chi connectivity index (χ0) is 23.8. The molecule has 0 aliphatic rings. The van der Waals surface area contributed by atoms with Crippen molar-refractivity contribution >= 4 is 51.3 Å². The Morgan fingerprint density at radius 2 is 1.82 bits per heavy atom. The summed E-state index contributed by atoms with van der Waals surface area (Å²) in [4.78, 5) is 34.8. The molecule has 0 atom stereocenters. The number of carbonyl (C=O) groups is 2. The van der Waals surface area contributed by atoms with Crippen LogP contribution in [0.2, 0.25) is 5.02 Å². The Kier molecular flexibility index (Phi) is 8.11. The maximum absolute atomic E-state index is 12.3. The first-order chi connectivity index (χ1) is 15.8. The topological polar surface area (TPSA) is 120 Å². The second-order valence-corrected chi connectivity index (χ2v) is 7.74. The molecule has 9 nitrogen and oxygen atoms in total. The fourth-order valence-corrected chi connectivity index (χ4v) is 3.10. The third-order valence-electron chi connectivity index (χ3n) is 4.05. The van der Waals surface area contributed by atoms with Gasteiger partial charge in [-0.2, -0.15) is 5.10 Å². The van der Waals surface area contributed by atoms with Crippen molar-refractivity contribution in [3.05, 3.63) is 97.5 Å². The fourth-order valence-electron chi connectivity index (χ4n) is 2.55. The van der Waals surface area contributed by atoms with Crippen LogP contribution in [0.3, 0.4) is 0 Å². The maximum Gasteiger partial charge on any atom is 0.343 e. The van der Waals surface area contributed by atoms with E-state index < -0.39 is 23.4 Å². The molecule has 0 heterocycles.